The lowest BCUT2D eigenvalue weighted by Gasteiger charge is -2.19. The highest BCUT2D eigenvalue weighted by atomic mass is 16.6. The van der Waals surface area contributed by atoms with E-state index in [4.69, 9.17) is 4.74 Å². The first kappa shape index (κ1) is 16.2. The van der Waals surface area contributed by atoms with E-state index in [-0.39, 0.29) is 0 Å². The molecule has 7 heteroatoms. The number of carbonyl (C=O) groups is 1. The third-order valence-corrected chi connectivity index (χ3v) is 2.31. The van der Waals surface area contributed by atoms with Crippen LogP contribution in [0.4, 0.5) is 4.79 Å². The molecule has 0 radical (unpaired) electrons. The van der Waals surface area contributed by atoms with Crippen LogP contribution in [0.25, 0.3) is 0 Å². The molecule has 20 heavy (non-hydrogen) atoms. The van der Waals surface area contributed by atoms with Crippen molar-refractivity contribution in [3.8, 4) is 0 Å². The molecule has 0 atom stereocenters. The first-order valence-corrected chi connectivity index (χ1v) is 6.54. The molecule has 0 aliphatic rings. The molecule has 112 valence electrons. The molecule has 1 rings (SSSR count). The maximum Gasteiger partial charge on any atom is 0.407 e. The minimum absolute atomic E-state index is 0.406. The van der Waals surface area contributed by atoms with Crippen molar-refractivity contribution in [2.24, 2.45) is 7.05 Å². The van der Waals surface area contributed by atoms with Gasteiger partial charge in [-0.3, -0.25) is 4.68 Å². The van der Waals surface area contributed by atoms with Crippen molar-refractivity contribution in [3.05, 3.63) is 24.0 Å². The number of alkyl carbamates (subject to hydrolysis) is 1. The number of hydrogen-bond acceptors (Lipinski definition) is 5. The second kappa shape index (κ2) is 7.64. The van der Waals surface area contributed by atoms with Gasteiger partial charge in [0, 0.05) is 26.7 Å². The monoisotopic (exact) mass is 281 g/mol. The fourth-order valence-electron chi connectivity index (χ4n) is 1.38. The molecule has 0 aliphatic heterocycles. The number of amides is 1. The van der Waals surface area contributed by atoms with E-state index in [1.807, 2.05) is 40.0 Å². The van der Waals surface area contributed by atoms with Gasteiger partial charge >= 0.3 is 6.09 Å². The van der Waals surface area contributed by atoms with Crippen molar-refractivity contribution in [1.29, 1.82) is 0 Å². The summed E-state index contributed by atoms with van der Waals surface area (Å²) in [5.41, 5.74) is 0.553. The van der Waals surface area contributed by atoms with Crippen LogP contribution in [0.1, 0.15) is 26.5 Å². The van der Waals surface area contributed by atoms with E-state index in [1.54, 1.807) is 10.9 Å². The third kappa shape index (κ3) is 6.89. The number of ether oxygens (including phenoxy) is 1. The summed E-state index contributed by atoms with van der Waals surface area (Å²) in [7, 11) is 1.85. The second-order valence-corrected chi connectivity index (χ2v) is 5.33. The molecular formula is C13H23N5O2. The van der Waals surface area contributed by atoms with Gasteiger partial charge in [0.1, 0.15) is 5.60 Å². The fraction of sp³-hybridized carbons (Fsp3) is 0.615. The molecule has 0 bridgehead atoms. The standard InChI is InChI=1S/C13H23N5O2/c1-13(2,3)20-12(19)15-8-6-5-7-14-9-11-10-16-17-18(11)4/h5-6,10,14H,7-9H2,1-4H3,(H,15,19)/b6-5+. The Labute approximate surface area is 119 Å². The largest absolute Gasteiger partial charge is 0.444 e. The molecule has 1 aromatic heterocycles. The van der Waals surface area contributed by atoms with Crippen molar-refractivity contribution in [2.75, 3.05) is 13.1 Å². The van der Waals surface area contributed by atoms with Gasteiger partial charge in [-0.05, 0) is 20.8 Å². The molecule has 0 aromatic carbocycles. The van der Waals surface area contributed by atoms with E-state index < -0.39 is 11.7 Å². The average molecular weight is 281 g/mol. The molecule has 0 unspecified atom stereocenters. The molecule has 1 heterocycles. The Morgan fingerprint density at radius 1 is 1.40 bits per heavy atom. The summed E-state index contributed by atoms with van der Waals surface area (Å²) in [4.78, 5) is 11.3. The summed E-state index contributed by atoms with van der Waals surface area (Å²) in [6.45, 7) is 7.36. The molecule has 0 fully saturated rings. The lowest BCUT2D eigenvalue weighted by Crippen LogP contribution is -2.32. The van der Waals surface area contributed by atoms with Crippen LogP contribution in [0.15, 0.2) is 18.3 Å². The molecular weight excluding hydrogens is 258 g/mol. The van der Waals surface area contributed by atoms with Gasteiger partial charge in [-0.2, -0.15) is 0 Å². The van der Waals surface area contributed by atoms with Gasteiger partial charge in [0.05, 0.1) is 11.9 Å². The second-order valence-electron chi connectivity index (χ2n) is 5.33. The number of nitrogens with zero attached hydrogens (tertiary/aromatic N) is 3. The summed E-state index contributed by atoms with van der Waals surface area (Å²) in [5, 5.41) is 13.5. The van der Waals surface area contributed by atoms with Crippen LogP contribution < -0.4 is 10.6 Å². The van der Waals surface area contributed by atoms with E-state index in [2.05, 4.69) is 20.9 Å². The molecule has 0 saturated heterocycles. The molecule has 0 saturated carbocycles. The molecule has 1 aromatic rings. The minimum Gasteiger partial charge on any atom is -0.444 e. The van der Waals surface area contributed by atoms with Crippen LogP contribution in [-0.4, -0.2) is 39.8 Å². The average Bonchev–Trinajstić information content (AvgIpc) is 2.71. The Morgan fingerprint density at radius 3 is 2.70 bits per heavy atom. The summed E-state index contributed by atoms with van der Waals surface area (Å²) in [5.74, 6) is 0. The Hall–Kier alpha value is -1.89. The van der Waals surface area contributed by atoms with Crippen molar-refractivity contribution in [1.82, 2.24) is 25.6 Å². The van der Waals surface area contributed by atoms with Gasteiger partial charge in [0.25, 0.3) is 0 Å². The number of aromatic nitrogens is 3. The van der Waals surface area contributed by atoms with Crippen LogP contribution in [-0.2, 0) is 18.3 Å². The lowest BCUT2D eigenvalue weighted by atomic mass is 10.2. The smallest absolute Gasteiger partial charge is 0.407 e. The van der Waals surface area contributed by atoms with Crippen LogP contribution >= 0.6 is 0 Å². The lowest BCUT2D eigenvalue weighted by molar-refractivity contribution is 0.0534. The Morgan fingerprint density at radius 2 is 2.10 bits per heavy atom. The van der Waals surface area contributed by atoms with Gasteiger partial charge in [0.2, 0.25) is 0 Å². The highest BCUT2D eigenvalue weighted by molar-refractivity contribution is 5.67. The number of nitrogens with one attached hydrogen (secondary N) is 2. The van der Waals surface area contributed by atoms with Crippen LogP contribution in [0.5, 0.6) is 0 Å². The Kier molecular flexibility index (Phi) is 6.17. The summed E-state index contributed by atoms with van der Waals surface area (Å²) in [6.07, 6.45) is 5.14. The summed E-state index contributed by atoms with van der Waals surface area (Å²) >= 11 is 0. The van der Waals surface area contributed by atoms with Crippen molar-refractivity contribution in [3.63, 3.8) is 0 Å². The van der Waals surface area contributed by atoms with Crippen LogP contribution in [0.2, 0.25) is 0 Å². The number of hydrogen-bond donors (Lipinski definition) is 2. The van der Waals surface area contributed by atoms with E-state index in [9.17, 15) is 4.79 Å². The number of aryl methyl sites for hydroxylation is 1. The van der Waals surface area contributed by atoms with E-state index in [0.717, 1.165) is 5.69 Å². The number of rotatable bonds is 6. The topological polar surface area (TPSA) is 81.1 Å². The van der Waals surface area contributed by atoms with E-state index >= 15 is 0 Å². The van der Waals surface area contributed by atoms with Crippen LogP contribution in [0, 0.1) is 0 Å². The van der Waals surface area contributed by atoms with Crippen molar-refractivity contribution >= 4 is 6.09 Å². The van der Waals surface area contributed by atoms with Gasteiger partial charge < -0.3 is 15.4 Å². The van der Waals surface area contributed by atoms with Crippen LogP contribution in [0.3, 0.4) is 0 Å². The predicted octanol–water partition coefficient (Wildman–Crippen LogP) is 0.986. The van der Waals surface area contributed by atoms with Gasteiger partial charge in [-0.1, -0.05) is 17.4 Å². The van der Waals surface area contributed by atoms with Gasteiger partial charge in [-0.25, -0.2) is 4.79 Å². The zero-order valence-electron chi connectivity index (χ0n) is 12.5. The third-order valence-electron chi connectivity index (χ3n) is 2.31. The highest BCUT2D eigenvalue weighted by Crippen LogP contribution is 2.05. The first-order valence-electron chi connectivity index (χ1n) is 6.54. The maximum atomic E-state index is 11.3. The van der Waals surface area contributed by atoms with E-state index in [0.29, 0.717) is 19.6 Å². The maximum absolute atomic E-state index is 11.3. The van der Waals surface area contributed by atoms with Crippen molar-refractivity contribution in [2.45, 2.75) is 32.9 Å². The Bertz CT molecular complexity index is 448. The number of carbonyl (C=O) groups excluding carboxylic acids is 1. The first-order chi connectivity index (χ1) is 9.38. The fourth-order valence-corrected chi connectivity index (χ4v) is 1.38. The predicted molar refractivity (Wildman–Crippen MR) is 76.1 cm³/mol. The summed E-state index contributed by atoms with van der Waals surface area (Å²) < 4.78 is 6.83. The molecule has 0 aliphatic carbocycles. The normalized spacial score (nSPS) is 11.8. The molecule has 0 spiro atoms. The highest BCUT2D eigenvalue weighted by Gasteiger charge is 2.14. The molecule has 1 amide bonds. The SMILES string of the molecule is Cn1nncc1CNC/C=C/CNC(=O)OC(C)(C)C. The minimum atomic E-state index is -0.466. The van der Waals surface area contributed by atoms with Crippen molar-refractivity contribution < 1.29 is 9.53 Å². The zero-order valence-corrected chi connectivity index (χ0v) is 12.5. The van der Waals surface area contributed by atoms with Gasteiger partial charge in [0.15, 0.2) is 0 Å². The van der Waals surface area contributed by atoms with E-state index in [1.165, 1.54) is 0 Å². The molecule has 2 N–H and O–H groups in total. The quantitative estimate of drug-likeness (QED) is 0.600. The summed E-state index contributed by atoms with van der Waals surface area (Å²) in [6, 6.07) is 0. The zero-order chi connectivity index (χ0) is 15.0. The molecule has 7 nitrogen and oxygen atoms in total. The van der Waals surface area contributed by atoms with Gasteiger partial charge in [-0.15, -0.1) is 5.10 Å². The Balaban J connectivity index is 2.08.